The van der Waals surface area contributed by atoms with Crippen molar-refractivity contribution in [3.8, 4) is 0 Å². The molecular formula is C3HN3. The summed E-state index contributed by atoms with van der Waals surface area (Å²) >= 11 is 0. The van der Waals surface area contributed by atoms with Crippen molar-refractivity contribution in [2.45, 2.75) is 0 Å². The van der Waals surface area contributed by atoms with Gasteiger partial charge in [-0.3, -0.25) is 0 Å². The molecular weight excluding hydrogens is 78.1 g/mol. The molecule has 1 rings (SSSR count). The fourth-order valence-corrected chi connectivity index (χ4v) is 0.161. The molecule has 3 nitrogen and oxygen atoms in total. The Kier molecular flexibility index (Phi) is 0.774. The van der Waals surface area contributed by atoms with E-state index in [-0.39, 0.29) is 0 Å². The van der Waals surface area contributed by atoms with E-state index < -0.39 is 0 Å². The highest BCUT2D eigenvalue weighted by Gasteiger charge is 1.63. The van der Waals surface area contributed by atoms with E-state index >= 15 is 0 Å². The molecule has 1 heterocycles. The molecule has 1 aromatic rings. The van der Waals surface area contributed by atoms with Crippen LogP contribution in [0.5, 0.6) is 0 Å². The van der Waals surface area contributed by atoms with Crippen LogP contribution in [0.1, 0.15) is 0 Å². The van der Waals surface area contributed by atoms with Gasteiger partial charge in [0.2, 0.25) is 12.7 Å². The molecule has 1 aromatic heterocycles. The van der Waals surface area contributed by atoms with Crippen LogP contribution in [0.4, 0.5) is 0 Å². The smallest absolute Gasteiger partial charge is 0.201 e. The molecule has 0 unspecified atom stereocenters. The van der Waals surface area contributed by atoms with Gasteiger partial charge in [-0.2, -0.15) is 0 Å². The van der Waals surface area contributed by atoms with E-state index in [1.807, 2.05) is 0 Å². The van der Waals surface area contributed by atoms with E-state index in [0.717, 1.165) is 0 Å². The molecule has 0 fully saturated rings. The van der Waals surface area contributed by atoms with Gasteiger partial charge >= 0.3 is 0 Å². The van der Waals surface area contributed by atoms with Crippen LogP contribution in [0.25, 0.3) is 0 Å². The van der Waals surface area contributed by atoms with Gasteiger partial charge in [0, 0.05) is 0 Å². The predicted octanol–water partition coefficient (Wildman–Crippen LogP) is -0.528. The highest BCUT2D eigenvalue weighted by atomic mass is 14.9. The molecule has 0 saturated carbocycles. The van der Waals surface area contributed by atoms with Crippen LogP contribution >= 0.6 is 0 Å². The molecule has 0 bridgehead atoms. The van der Waals surface area contributed by atoms with Gasteiger partial charge in [0.1, 0.15) is 6.33 Å². The molecule has 0 saturated heterocycles. The Hall–Kier alpha value is -0.990. The number of nitrogens with zero attached hydrogens (tertiary/aromatic N) is 3. The molecule has 2 radical (unpaired) electrons. The summed E-state index contributed by atoms with van der Waals surface area (Å²) in [6.45, 7) is 0. The summed E-state index contributed by atoms with van der Waals surface area (Å²) in [5.74, 6) is 0. The van der Waals surface area contributed by atoms with E-state index in [0.29, 0.717) is 0 Å². The third kappa shape index (κ3) is 0.484. The lowest BCUT2D eigenvalue weighted by molar-refractivity contribution is 1.02. The molecule has 0 aliphatic carbocycles. The van der Waals surface area contributed by atoms with E-state index in [1.165, 1.54) is 6.33 Å². The summed E-state index contributed by atoms with van der Waals surface area (Å²) in [4.78, 5) is 10.1. The second-order valence-corrected chi connectivity index (χ2v) is 0.685. The minimum Gasteiger partial charge on any atom is -0.213 e. The zero-order valence-electron chi connectivity index (χ0n) is 2.92. The Morgan fingerprint density at radius 3 is 2.00 bits per heavy atom. The van der Waals surface area contributed by atoms with Gasteiger partial charge in [0.25, 0.3) is 0 Å². The maximum atomic E-state index is 3.41. The molecule has 0 aromatic carbocycles. The van der Waals surface area contributed by atoms with Crippen LogP contribution in [0, 0.1) is 12.7 Å². The van der Waals surface area contributed by atoms with Crippen molar-refractivity contribution in [1.29, 1.82) is 0 Å². The summed E-state index contributed by atoms with van der Waals surface area (Å²) in [5.41, 5.74) is 0. The molecule has 0 aliphatic heterocycles. The van der Waals surface area contributed by atoms with Crippen LogP contribution in [0.3, 0.4) is 0 Å². The summed E-state index contributed by atoms with van der Waals surface area (Å²) in [6, 6.07) is 0. The van der Waals surface area contributed by atoms with Crippen LogP contribution < -0.4 is 0 Å². The number of hydrogen-bond donors (Lipinski definition) is 0. The normalized spacial score (nSPS) is 8.00. The maximum Gasteiger partial charge on any atom is 0.201 e. The largest absolute Gasteiger partial charge is 0.213 e. The summed E-state index contributed by atoms with van der Waals surface area (Å²) in [5, 5.41) is 0. The fraction of sp³-hybridized carbons (Fsp3) is 0. The number of hydrogen-bond acceptors (Lipinski definition) is 3. The molecule has 0 aliphatic rings. The van der Waals surface area contributed by atoms with Crippen molar-refractivity contribution < 1.29 is 0 Å². The van der Waals surface area contributed by atoms with Crippen LogP contribution in [-0.4, -0.2) is 15.0 Å². The maximum absolute atomic E-state index is 3.41. The Morgan fingerprint density at radius 1 is 1.17 bits per heavy atom. The van der Waals surface area contributed by atoms with E-state index in [4.69, 9.17) is 0 Å². The second-order valence-electron chi connectivity index (χ2n) is 0.685. The quantitative estimate of drug-likeness (QED) is 0.419. The Morgan fingerprint density at radius 2 is 1.83 bits per heavy atom. The van der Waals surface area contributed by atoms with Crippen LogP contribution in [0.2, 0.25) is 0 Å². The lowest BCUT2D eigenvalue weighted by atomic mass is 11.1. The zero-order valence-corrected chi connectivity index (χ0v) is 2.92. The zero-order chi connectivity index (χ0) is 4.24. The summed E-state index contributed by atoms with van der Waals surface area (Å²) in [7, 11) is 0. The number of rotatable bonds is 0. The Labute approximate surface area is 35.1 Å². The van der Waals surface area contributed by atoms with Crippen LogP contribution in [0.15, 0.2) is 6.33 Å². The first-order valence-corrected chi connectivity index (χ1v) is 1.41. The highest BCUT2D eigenvalue weighted by molar-refractivity contribution is 4.46. The van der Waals surface area contributed by atoms with Crippen molar-refractivity contribution in [2.75, 3.05) is 0 Å². The monoisotopic (exact) mass is 79.0 g/mol. The van der Waals surface area contributed by atoms with Gasteiger partial charge in [-0.05, 0) is 0 Å². The standard InChI is InChI=1S/C3HN3/c1-4-2-6-3-5-1/h1H. The van der Waals surface area contributed by atoms with Gasteiger partial charge in [-0.15, -0.1) is 0 Å². The molecule has 0 spiro atoms. The average Bonchev–Trinajstić information content (AvgIpc) is 1.72. The van der Waals surface area contributed by atoms with Crippen molar-refractivity contribution in [1.82, 2.24) is 15.0 Å². The molecule has 28 valence electrons. The first-order chi connectivity index (χ1) is 3.00. The lowest BCUT2D eigenvalue weighted by Gasteiger charge is -1.66. The summed E-state index contributed by atoms with van der Waals surface area (Å²) < 4.78 is 0. The van der Waals surface area contributed by atoms with Crippen molar-refractivity contribution >= 4 is 0 Å². The first-order valence-electron chi connectivity index (χ1n) is 1.41. The van der Waals surface area contributed by atoms with Crippen molar-refractivity contribution in [3.63, 3.8) is 0 Å². The third-order valence-corrected chi connectivity index (χ3v) is 0.331. The van der Waals surface area contributed by atoms with E-state index in [2.05, 4.69) is 27.6 Å². The van der Waals surface area contributed by atoms with Crippen molar-refractivity contribution in [3.05, 3.63) is 19.0 Å². The predicted molar refractivity (Wildman–Crippen MR) is 17.5 cm³/mol. The fourth-order valence-electron chi connectivity index (χ4n) is 0.161. The van der Waals surface area contributed by atoms with Crippen molar-refractivity contribution in [2.24, 2.45) is 0 Å². The first kappa shape index (κ1) is 3.21. The molecule has 0 amide bonds. The highest BCUT2D eigenvalue weighted by Crippen LogP contribution is 1.54. The third-order valence-electron chi connectivity index (χ3n) is 0.331. The average molecular weight is 79.1 g/mol. The Balaban J connectivity index is 3.00. The lowest BCUT2D eigenvalue weighted by Crippen LogP contribution is -1.76. The molecule has 0 atom stereocenters. The molecule has 0 N–H and O–H groups in total. The van der Waals surface area contributed by atoms with Gasteiger partial charge in [0.15, 0.2) is 0 Å². The molecule has 3 heteroatoms. The van der Waals surface area contributed by atoms with Gasteiger partial charge in [0.05, 0.1) is 0 Å². The minimum absolute atomic E-state index is 1.33. The number of aromatic nitrogens is 3. The minimum atomic E-state index is 1.33. The second kappa shape index (κ2) is 1.45. The summed E-state index contributed by atoms with van der Waals surface area (Å²) in [6.07, 6.45) is 5.88. The Bertz CT molecular complexity index is 78.0. The van der Waals surface area contributed by atoms with Crippen LogP contribution in [-0.2, 0) is 0 Å². The van der Waals surface area contributed by atoms with E-state index in [9.17, 15) is 0 Å². The topological polar surface area (TPSA) is 38.7 Å². The van der Waals surface area contributed by atoms with Gasteiger partial charge < -0.3 is 0 Å². The SMILES string of the molecule is [c]1n[c]ncn1. The molecule has 6 heavy (non-hydrogen) atoms. The van der Waals surface area contributed by atoms with Gasteiger partial charge in [-0.25, -0.2) is 15.0 Å². The van der Waals surface area contributed by atoms with Gasteiger partial charge in [-0.1, -0.05) is 0 Å². The van der Waals surface area contributed by atoms with E-state index in [1.54, 1.807) is 0 Å².